The molecule has 0 spiro atoms. The van der Waals surface area contributed by atoms with Gasteiger partial charge < -0.3 is 20.5 Å². The lowest BCUT2D eigenvalue weighted by molar-refractivity contribution is -0.122. The molecule has 0 aliphatic heterocycles. The van der Waals surface area contributed by atoms with Crippen molar-refractivity contribution in [1.29, 1.82) is 0 Å². The molecule has 6 heteroatoms. The lowest BCUT2D eigenvalue weighted by Crippen LogP contribution is -2.40. The van der Waals surface area contributed by atoms with Gasteiger partial charge in [0.2, 0.25) is 5.91 Å². The van der Waals surface area contributed by atoms with E-state index in [1.807, 2.05) is 31.2 Å². The molecule has 3 N–H and O–H groups in total. The molecule has 1 unspecified atom stereocenters. The molecular weight excluding hydrogens is 304 g/mol. The number of hydrogen-bond acceptors (Lipinski definition) is 4. The SMILES string of the molecule is CCCC(N)C(=O)NCc1cccc(OCCCOC)c1.Cl. The smallest absolute Gasteiger partial charge is 0.237 e. The highest BCUT2D eigenvalue weighted by atomic mass is 35.5. The standard InChI is InChI=1S/C16H26N2O3.ClH/c1-3-6-15(17)16(19)18-12-13-7-4-8-14(11-13)21-10-5-9-20-2;/h4,7-8,11,15H,3,5-6,9-10,12,17H2,1-2H3,(H,18,19);1H. The van der Waals surface area contributed by atoms with Crippen LogP contribution < -0.4 is 15.8 Å². The zero-order chi connectivity index (χ0) is 15.5. The normalized spacial score (nSPS) is 11.4. The van der Waals surface area contributed by atoms with Crippen LogP contribution in [0.2, 0.25) is 0 Å². The molecule has 1 amide bonds. The van der Waals surface area contributed by atoms with Gasteiger partial charge in [0.1, 0.15) is 5.75 Å². The maximum Gasteiger partial charge on any atom is 0.237 e. The Morgan fingerprint density at radius 2 is 2.14 bits per heavy atom. The maximum atomic E-state index is 11.8. The van der Waals surface area contributed by atoms with Gasteiger partial charge in [-0.1, -0.05) is 25.5 Å². The number of carbonyl (C=O) groups is 1. The first-order chi connectivity index (χ1) is 10.2. The van der Waals surface area contributed by atoms with Gasteiger partial charge in [-0.2, -0.15) is 0 Å². The van der Waals surface area contributed by atoms with Crippen LogP contribution in [0.25, 0.3) is 0 Å². The van der Waals surface area contributed by atoms with Crippen molar-refractivity contribution in [2.24, 2.45) is 5.73 Å². The van der Waals surface area contributed by atoms with Gasteiger partial charge in [0.25, 0.3) is 0 Å². The van der Waals surface area contributed by atoms with E-state index in [2.05, 4.69) is 5.32 Å². The maximum absolute atomic E-state index is 11.8. The second-order valence-corrected chi connectivity index (χ2v) is 4.96. The summed E-state index contributed by atoms with van der Waals surface area (Å²) in [6.07, 6.45) is 2.46. The van der Waals surface area contributed by atoms with E-state index in [1.165, 1.54) is 0 Å². The number of nitrogens with two attached hydrogens (primary N) is 1. The molecule has 1 rings (SSSR count). The van der Waals surface area contributed by atoms with Crippen LogP contribution in [0.1, 0.15) is 31.7 Å². The summed E-state index contributed by atoms with van der Waals surface area (Å²) in [5, 5.41) is 2.85. The summed E-state index contributed by atoms with van der Waals surface area (Å²) in [7, 11) is 1.67. The molecule has 0 radical (unpaired) electrons. The highest BCUT2D eigenvalue weighted by Gasteiger charge is 2.11. The summed E-state index contributed by atoms with van der Waals surface area (Å²) in [6.45, 7) is 3.78. The third-order valence-corrected chi connectivity index (χ3v) is 3.06. The number of methoxy groups -OCH3 is 1. The number of benzene rings is 1. The van der Waals surface area contributed by atoms with Gasteiger partial charge in [-0.3, -0.25) is 4.79 Å². The largest absolute Gasteiger partial charge is 0.493 e. The fourth-order valence-electron chi connectivity index (χ4n) is 1.90. The number of hydrogen-bond donors (Lipinski definition) is 2. The molecule has 1 aromatic rings. The third kappa shape index (κ3) is 8.22. The van der Waals surface area contributed by atoms with Crippen LogP contribution in [0.3, 0.4) is 0 Å². The molecule has 0 bridgehead atoms. The van der Waals surface area contributed by atoms with Crippen LogP contribution in [-0.4, -0.2) is 32.3 Å². The fraction of sp³-hybridized carbons (Fsp3) is 0.562. The van der Waals surface area contributed by atoms with Gasteiger partial charge in [-0.15, -0.1) is 12.4 Å². The molecule has 0 heterocycles. The van der Waals surface area contributed by atoms with Gasteiger partial charge in [0.15, 0.2) is 0 Å². The zero-order valence-corrected chi connectivity index (χ0v) is 14.2. The molecule has 126 valence electrons. The Morgan fingerprint density at radius 3 is 2.82 bits per heavy atom. The molecule has 5 nitrogen and oxygen atoms in total. The first-order valence-corrected chi connectivity index (χ1v) is 7.41. The Balaban J connectivity index is 0.00000441. The summed E-state index contributed by atoms with van der Waals surface area (Å²) in [4.78, 5) is 11.8. The van der Waals surface area contributed by atoms with Crippen LogP contribution in [0.15, 0.2) is 24.3 Å². The third-order valence-electron chi connectivity index (χ3n) is 3.06. The van der Waals surface area contributed by atoms with Gasteiger partial charge in [-0.05, 0) is 24.1 Å². The number of amides is 1. The monoisotopic (exact) mass is 330 g/mol. The summed E-state index contributed by atoms with van der Waals surface area (Å²) in [5.41, 5.74) is 6.76. The van der Waals surface area contributed by atoms with E-state index >= 15 is 0 Å². The number of carbonyl (C=O) groups excluding carboxylic acids is 1. The first kappa shape index (κ1) is 20.7. The topological polar surface area (TPSA) is 73.6 Å². The van der Waals surface area contributed by atoms with E-state index in [9.17, 15) is 4.79 Å². The fourth-order valence-corrected chi connectivity index (χ4v) is 1.90. The molecule has 1 aromatic carbocycles. The zero-order valence-electron chi connectivity index (χ0n) is 13.3. The van der Waals surface area contributed by atoms with Crippen molar-refractivity contribution in [2.75, 3.05) is 20.3 Å². The van der Waals surface area contributed by atoms with E-state index in [1.54, 1.807) is 7.11 Å². The van der Waals surface area contributed by atoms with E-state index in [4.69, 9.17) is 15.2 Å². The molecule has 0 fully saturated rings. The van der Waals surface area contributed by atoms with E-state index in [-0.39, 0.29) is 18.3 Å². The second-order valence-electron chi connectivity index (χ2n) is 4.96. The summed E-state index contributed by atoms with van der Waals surface area (Å²) >= 11 is 0. The number of halogens is 1. The average Bonchev–Trinajstić information content (AvgIpc) is 2.50. The second kappa shape index (κ2) is 12.3. The molecule has 22 heavy (non-hydrogen) atoms. The van der Waals surface area contributed by atoms with Crippen molar-refractivity contribution in [2.45, 2.75) is 38.8 Å². The van der Waals surface area contributed by atoms with Crippen molar-refractivity contribution in [1.82, 2.24) is 5.32 Å². The Bertz CT molecular complexity index is 430. The van der Waals surface area contributed by atoms with Crippen LogP contribution >= 0.6 is 12.4 Å². The van der Waals surface area contributed by atoms with Gasteiger partial charge in [-0.25, -0.2) is 0 Å². The number of nitrogens with one attached hydrogen (secondary N) is 1. The van der Waals surface area contributed by atoms with Crippen molar-refractivity contribution in [3.63, 3.8) is 0 Å². The summed E-state index contributed by atoms with van der Waals surface area (Å²) in [6, 6.07) is 7.27. The highest BCUT2D eigenvalue weighted by Crippen LogP contribution is 2.13. The Labute approximate surface area is 139 Å². The Hall–Kier alpha value is -1.30. The van der Waals surface area contributed by atoms with Crippen molar-refractivity contribution >= 4 is 18.3 Å². The predicted molar refractivity (Wildman–Crippen MR) is 90.4 cm³/mol. The van der Waals surface area contributed by atoms with E-state index in [0.717, 1.165) is 24.2 Å². The van der Waals surface area contributed by atoms with Crippen molar-refractivity contribution in [3.05, 3.63) is 29.8 Å². The molecule has 0 saturated heterocycles. The molecule has 0 aliphatic rings. The summed E-state index contributed by atoms with van der Waals surface area (Å²) in [5.74, 6) is 0.693. The van der Waals surface area contributed by atoms with Crippen LogP contribution in [0.5, 0.6) is 5.75 Å². The quantitative estimate of drug-likeness (QED) is 0.645. The number of ether oxygens (including phenoxy) is 2. The van der Waals surface area contributed by atoms with E-state index in [0.29, 0.717) is 26.2 Å². The Morgan fingerprint density at radius 1 is 1.36 bits per heavy atom. The van der Waals surface area contributed by atoms with Crippen LogP contribution in [0, 0.1) is 0 Å². The van der Waals surface area contributed by atoms with Gasteiger partial charge >= 0.3 is 0 Å². The Kier molecular flexibility index (Phi) is 11.5. The first-order valence-electron chi connectivity index (χ1n) is 7.41. The lowest BCUT2D eigenvalue weighted by Gasteiger charge is -2.12. The number of rotatable bonds is 10. The van der Waals surface area contributed by atoms with Crippen LogP contribution in [-0.2, 0) is 16.1 Å². The molecule has 1 atom stereocenters. The van der Waals surface area contributed by atoms with Crippen molar-refractivity contribution in [3.8, 4) is 5.75 Å². The molecule has 0 aromatic heterocycles. The highest BCUT2D eigenvalue weighted by molar-refractivity contribution is 5.85. The minimum absolute atomic E-state index is 0. The predicted octanol–water partition coefficient (Wildman–Crippen LogP) is 2.27. The van der Waals surface area contributed by atoms with Gasteiger partial charge in [0, 0.05) is 26.7 Å². The minimum atomic E-state index is -0.427. The average molecular weight is 331 g/mol. The molecule has 0 saturated carbocycles. The summed E-state index contributed by atoms with van der Waals surface area (Å²) < 4.78 is 10.6. The van der Waals surface area contributed by atoms with E-state index < -0.39 is 6.04 Å². The molecule has 0 aliphatic carbocycles. The molecular formula is C16H27ClN2O3. The minimum Gasteiger partial charge on any atom is -0.493 e. The van der Waals surface area contributed by atoms with Crippen LogP contribution in [0.4, 0.5) is 0 Å². The van der Waals surface area contributed by atoms with Gasteiger partial charge in [0.05, 0.1) is 12.6 Å². The lowest BCUT2D eigenvalue weighted by atomic mass is 10.1. The van der Waals surface area contributed by atoms with Crippen molar-refractivity contribution < 1.29 is 14.3 Å².